The van der Waals surface area contributed by atoms with Gasteiger partial charge in [0.15, 0.2) is 0 Å². The first-order chi connectivity index (χ1) is 9.93. The molecule has 1 atom stereocenters. The van der Waals surface area contributed by atoms with E-state index >= 15 is 0 Å². The normalized spacial score (nSPS) is 19.0. The fourth-order valence-corrected chi connectivity index (χ4v) is 3.20. The summed E-state index contributed by atoms with van der Waals surface area (Å²) in [5.41, 5.74) is 0.544. The van der Waals surface area contributed by atoms with Gasteiger partial charge in [0.25, 0.3) is 5.91 Å². The van der Waals surface area contributed by atoms with E-state index in [4.69, 9.17) is 16.3 Å². The minimum atomic E-state index is -0.00306. The highest BCUT2D eigenvalue weighted by atomic mass is 127. The van der Waals surface area contributed by atoms with Crippen LogP contribution < -0.4 is 4.74 Å². The standard InChI is InChI=1S/C15H20ClIN2O2/c1-18(2)10-5-4-6-19(9-10)15(20)11-7-12(16)13(17)8-14(11)21-3/h7-8,10H,4-6,9H2,1-3H3. The molecule has 0 N–H and O–H groups in total. The first kappa shape index (κ1) is 16.8. The molecule has 1 aliphatic heterocycles. The monoisotopic (exact) mass is 422 g/mol. The lowest BCUT2D eigenvalue weighted by Gasteiger charge is -2.36. The van der Waals surface area contributed by atoms with E-state index in [1.54, 1.807) is 13.2 Å². The third-order valence-electron chi connectivity index (χ3n) is 3.89. The zero-order valence-electron chi connectivity index (χ0n) is 12.5. The maximum Gasteiger partial charge on any atom is 0.257 e. The van der Waals surface area contributed by atoms with Crippen LogP contribution in [0.2, 0.25) is 5.02 Å². The molecule has 0 aromatic heterocycles. The number of hydrogen-bond donors (Lipinski definition) is 0. The highest BCUT2D eigenvalue weighted by Crippen LogP contribution is 2.30. The van der Waals surface area contributed by atoms with E-state index in [1.165, 1.54) is 0 Å². The summed E-state index contributed by atoms with van der Waals surface area (Å²) >= 11 is 8.30. The summed E-state index contributed by atoms with van der Waals surface area (Å²) in [6.07, 6.45) is 2.15. The zero-order chi connectivity index (χ0) is 15.6. The number of halogens is 2. The molecule has 0 spiro atoms. The number of rotatable bonds is 3. The molecule has 1 aromatic carbocycles. The van der Waals surface area contributed by atoms with Gasteiger partial charge in [0, 0.05) is 22.7 Å². The van der Waals surface area contributed by atoms with Crippen molar-refractivity contribution in [2.75, 3.05) is 34.3 Å². The molecule has 1 aromatic rings. The summed E-state index contributed by atoms with van der Waals surface area (Å²) in [6, 6.07) is 3.93. The number of likely N-dealkylation sites (N-methyl/N-ethyl adjacent to an activating group) is 1. The number of carbonyl (C=O) groups excluding carboxylic acids is 1. The fourth-order valence-electron chi connectivity index (χ4n) is 2.60. The molecule has 4 nitrogen and oxygen atoms in total. The molecule has 0 bridgehead atoms. The summed E-state index contributed by atoms with van der Waals surface area (Å²) in [5, 5.41) is 0.584. The van der Waals surface area contributed by atoms with Crippen molar-refractivity contribution in [3.8, 4) is 5.75 Å². The van der Waals surface area contributed by atoms with Gasteiger partial charge in [-0.2, -0.15) is 0 Å². The quantitative estimate of drug-likeness (QED) is 0.702. The molecule has 1 unspecified atom stereocenters. The summed E-state index contributed by atoms with van der Waals surface area (Å²) in [6.45, 7) is 1.54. The molecule has 1 fully saturated rings. The Labute approximate surface area is 144 Å². The fraction of sp³-hybridized carbons (Fsp3) is 0.533. The second kappa shape index (κ2) is 7.15. The van der Waals surface area contributed by atoms with Gasteiger partial charge in [0.05, 0.1) is 17.7 Å². The number of methoxy groups -OCH3 is 1. The summed E-state index contributed by atoms with van der Waals surface area (Å²) in [5.74, 6) is 0.581. The molecule has 0 aliphatic carbocycles. The van der Waals surface area contributed by atoms with Crippen LogP contribution in [0.25, 0.3) is 0 Å². The van der Waals surface area contributed by atoms with Crippen molar-refractivity contribution in [2.24, 2.45) is 0 Å². The van der Waals surface area contributed by atoms with E-state index in [1.807, 2.05) is 11.0 Å². The van der Waals surface area contributed by atoms with E-state index < -0.39 is 0 Å². The molecule has 6 heteroatoms. The van der Waals surface area contributed by atoms with Gasteiger partial charge < -0.3 is 14.5 Å². The van der Waals surface area contributed by atoms with Crippen LogP contribution in [0.15, 0.2) is 12.1 Å². The Morgan fingerprint density at radius 1 is 1.48 bits per heavy atom. The van der Waals surface area contributed by atoms with Crippen LogP contribution in [0.1, 0.15) is 23.2 Å². The summed E-state index contributed by atoms with van der Waals surface area (Å²) in [4.78, 5) is 16.9. The number of likely N-dealkylation sites (tertiary alicyclic amines) is 1. The van der Waals surface area contributed by atoms with Crippen LogP contribution in [0.3, 0.4) is 0 Å². The smallest absolute Gasteiger partial charge is 0.257 e. The predicted octanol–water partition coefficient (Wildman–Crippen LogP) is 3.12. The molecule has 116 valence electrons. The second-order valence-electron chi connectivity index (χ2n) is 5.48. The number of hydrogen-bond acceptors (Lipinski definition) is 3. The highest BCUT2D eigenvalue weighted by molar-refractivity contribution is 14.1. The van der Waals surface area contributed by atoms with Gasteiger partial charge in [0.2, 0.25) is 0 Å². The van der Waals surface area contributed by atoms with Crippen LogP contribution in [0.4, 0.5) is 0 Å². The maximum atomic E-state index is 12.8. The van der Waals surface area contributed by atoms with Crippen molar-refractivity contribution < 1.29 is 9.53 Å². The first-order valence-electron chi connectivity index (χ1n) is 6.92. The van der Waals surface area contributed by atoms with Crippen molar-refractivity contribution in [1.82, 2.24) is 9.80 Å². The van der Waals surface area contributed by atoms with E-state index in [2.05, 4.69) is 41.6 Å². The van der Waals surface area contributed by atoms with E-state index in [0.29, 0.717) is 22.4 Å². The first-order valence-corrected chi connectivity index (χ1v) is 8.38. The molecule has 1 aliphatic rings. The van der Waals surface area contributed by atoms with E-state index in [0.717, 1.165) is 29.5 Å². The second-order valence-corrected chi connectivity index (χ2v) is 7.05. The molecular formula is C15H20ClIN2O2. The lowest BCUT2D eigenvalue weighted by molar-refractivity contribution is 0.0632. The Morgan fingerprint density at radius 2 is 2.19 bits per heavy atom. The van der Waals surface area contributed by atoms with Gasteiger partial charge in [-0.15, -0.1) is 0 Å². The van der Waals surface area contributed by atoms with Crippen molar-refractivity contribution in [3.05, 3.63) is 26.3 Å². The van der Waals surface area contributed by atoms with Gasteiger partial charge >= 0.3 is 0 Å². The number of piperidine rings is 1. The third kappa shape index (κ3) is 3.81. The minimum absolute atomic E-state index is 0.00306. The van der Waals surface area contributed by atoms with Crippen molar-refractivity contribution >= 4 is 40.1 Å². The molecule has 1 amide bonds. The Morgan fingerprint density at radius 3 is 2.81 bits per heavy atom. The van der Waals surface area contributed by atoms with Gasteiger partial charge in [-0.05, 0) is 61.7 Å². The summed E-state index contributed by atoms with van der Waals surface area (Å²) in [7, 11) is 5.69. The van der Waals surface area contributed by atoms with Gasteiger partial charge in [0.1, 0.15) is 5.75 Å². The molecule has 1 heterocycles. The molecule has 0 radical (unpaired) electrons. The van der Waals surface area contributed by atoms with Crippen molar-refractivity contribution in [3.63, 3.8) is 0 Å². The van der Waals surface area contributed by atoms with Crippen LogP contribution in [0.5, 0.6) is 5.75 Å². The Balaban J connectivity index is 2.25. The number of ether oxygens (including phenoxy) is 1. The minimum Gasteiger partial charge on any atom is -0.496 e. The molecule has 0 saturated carbocycles. The third-order valence-corrected chi connectivity index (χ3v) is 5.41. The average molecular weight is 423 g/mol. The van der Waals surface area contributed by atoms with E-state index in [9.17, 15) is 4.79 Å². The number of benzene rings is 1. The zero-order valence-corrected chi connectivity index (χ0v) is 15.4. The lowest BCUT2D eigenvalue weighted by atomic mass is 10.0. The number of nitrogens with zero attached hydrogens (tertiary/aromatic N) is 2. The van der Waals surface area contributed by atoms with Crippen LogP contribution in [-0.4, -0.2) is 56.0 Å². The van der Waals surface area contributed by atoms with Gasteiger partial charge in [-0.25, -0.2) is 0 Å². The number of amides is 1. The number of carbonyl (C=O) groups is 1. The Kier molecular flexibility index (Phi) is 5.73. The lowest BCUT2D eigenvalue weighted by Crippen LogP contribution is -2.47. The van der Waals surface area contributed by atoms with E-state index in [-0.39, 0.29) is 5.91 Å². The predicted molar refractivity (Wildman–Crippen MR) is 93.3 cm³/mol. The molecule has 1 saturated heterocycles. The largest absolute Gasteiger partial charge is 0.496 e. The van der Waals surface area contributed by atoms with Gasteiger partial charge in [-0.3, -0.25) is 4.79 Å². The SMILES string of the molecule is COc1cc(I)c(Cl)cc1C(=O)N1CCCC(N(C)C)C1. The average Bonchev–Trinajstić information content (AvgIpc) is 2.48. The van der Waals surface area contributed by atoms with Crippen molar-refractivity contribution in [2.45, 2.75) is 18.9 Å². The molecule has 2 rings (SSSR count). The van der Waals surface area contributed by atoms with Gasteiger partial charge in [-0.1, -0.05) is 11.6 Å². The van der Waals surface area contributed by atoms with Crippen molar-refractivity contribution in [1.29, 1.82) is 0 Å². The Bertz CT molecular complexity index is 537. The molecular weight excluding hydrogens is 403 g/mol. The highest BCUT2D eigenvalue weighted by Gasteiger charge is 2.27. The van der Waals surface area contributed by atoms with Crippen LogP contribution >= 0.6 is 34.2 Å². The Hall–Kier alpha value is -0.530. The van der Waals surface area contributed by atoms with Crippen LogP contribution in [0, 0.1) is 3.57 Å². The van der Waals surface area contributed by atoms with Crippen LogP contribution in [-0.2, 0) is 0 Å². The topological polar surface area (TPSA) is 32.8 Å². The summed E-state index contributed by atoms with van der Waals surface area (Å²) < 4.78 is 6.23. The maximum absolute atomic E-state index is 12.8. The molecule has 21 heavy (non-hydrogen) atoms.